The number of carbonyl (C=O) groups is 1. The van der Waals surface area contributed by atoms with Gasteiger partial charge in [-0.25, -0.2) is 0 Å². The van der Waals surface area contributed by atoms with Crippen LogP contribution in [0.5, 0.6) is 0 Å². The number of esters is 1. The number of halogens is 1. The smallest absolute Gasteiger partial charge is 0.319 e. The molecule has 0 aliphatic rings. The highest BCUT2D eigenvalue weighted by Gasteiger charge is 2.15. The van der Waals surface area contributed by atoms with Crippen molar-refractivity contribution in [2.45, 2.75) is 13.5 Å². The molecule has 7 heteroatoms. The third kappa shape index (κ3) is 4.03. The molecule has 21 heavy (non-hydrogen) atoms. The maximum Gasteiger partial charge on any atom is 0.319 e. The quantitative estimate of drug-likeness (QED) is 0.763. The van der Waals surface area contributed by atoms with Crippen molar-refractivity contribution in [1.29, 1.82) is 0 Å². The summed E-state index contributed by atoms with van der Waals surface area (Å²) in [5, 5.41) is 8.53. The van der Waals surface area contributed by atoms with Crippen LogP contribution in [-0.4, -0.2) is 41.3 Å². The fraction of sp³-hybridized carbons (Fsp3) is 0.357. The monoisotopic (exact) mass is 309 g/mol. The third-order valence-electron chi connectivity index (χ3n) is 2.96. The third-order valence-corrected chi connectivity index (χ3v) is 3.29. The predicted molar refractivity (Wildman–Crippen MR) is 77.7 cm³/mol. The number of hydrogen-bond donors (Lipinski definition) is 0. The van der Waals surface area contributed by atoms with Gasteiger partial charge in [-0.05, 0) is 18.7 Å². The Morgan fingerprint density at radius 1 is 1.38 bits per heavy atom. The highest BCUT2D eigenvalue weighted by atomic mass is 35.5. The van der Waals surface area contributed by atoms with E-state index in [4.69, 9.17) is 16.0 Å². The molecule has 2 aromatic rings. The standard InChI is InChI=1S/C14H16ClN3O3/c1-3-18(9-13(19)20-2)8-12-16-17-14(21-12)10-6-4-5-7-11(10)15/h4-7H,3,8-9H2,1-2H3. The van der Waals surface area contributed by atoms with Crippen LogP contribution in [0, 0.1) is 0 Å². The van der Waals surface area contributed by atoms with E-state index in [1.54, 1.807) is 6.07 Å². The largest absolute Gasteiger partial charge is 0.468 e. The highest BCUT2D eigenvalue weighted by molar-refractivity contribution is 6.33. The van der Waals surface area contributed by atoms with Crippen LogP contribution >= 0.6 is 11.6 Å². The van der Waals surface area contributed by atoms with Crippen molar-refractivity contribution in [2.24, 2.45) is 0 Å². The summed E-state index contributed by atoms with van der Waals surface area (Å²) in [7, 11) is 1.36. The zero-order valence-corrected chi connectivity index (χ0v) is 12.6. The van der Waals surface area contributed by atoms with Crippen molar-refractivity contribution in [3.63, 3.8) is 0 Å². The first-order chi connectivity index (χ1) is 10.1. The molecule has 1 aromatic carbocycles. The van der Waals surface area contributed by atoms with Gasteiger partial charge in [0.05, 0.1) is 30.8 Å². The van der Waals surface area contributed by atoms with Crippen LogP contribution in [0.15, 0.2) is 28.7 Å². The first kappa shape index (κ1) is 15.5. The van der Waals surface area contributed by atoms with Gasteiger partial charge in [-0.3, -0.25) is 9.69 Å². The molecule has 1 aromatic heterocycles. The van der Waals surface area contributed by atoms with E-state index in [0.29, 0.717) is 35.5 Å². The summed E-state index contributed by atoms with van der Waals surface area (Å²) in [6.07, 6.45) is 0. The van der Waals surface area contributed by atoms with Gasteiger partial charge in [0.25, 0.3) is 0 Å². The van der Waals surface area contributed by atoms with E-state index in [1.807, 2.05) is 30.0 Å². The lowest BCUT2D eigenvalue weighted by Crippen LogP contribution is -2.30. The van der Waals surface area contributed by atoms with Crippen LogP contribution in [0.4, 0.5) is 0 Å². The van der Waals surface area contributed by atoms with E-state index in [2.05, 4.69) is 14.9 Å². The van der Waals surface area contributed by atoms with Crippen molar-refractivity contribution < 1.29 is 13.9 Å². The Labute approximate surface area is 127 Å². The Morgan fingerprint density at radius 2 is 2.14 bits per heavy atom. The van der Waals surface area contributed by atoms with Crippen LogP contribution in [0.2, 0.25) is 5.02 Å². The molecule has 0 saturated heterocycles. The average molecular weight is 310 g/mol. The van der Waals surface area contributed by atoms with Crippen LogP contribution in [-0.2, 0) is 16.1 Å². The van der Waals surface area contributed by atoms with Crippen molar-refractivity contribution in [3.05, 3.63) is 35.2 Å². The van der Waals surface area contributed by atoms with Crippen LogP contribution in [0.3, 0.4) is 0 Å². The number of ether oxygens (including phenoxy) is 1. The second-order valence-electron chi connectivity index (χ2n) is 4.36. The Morgan fingerprint density at radius 3 is 2.81 bits per heavy atom. The molecule has 1 heterocycles. The second-order valence-corrected chi connectivity index (χ2v) is 4.77. The molecule has 112 valence electrons. The molecule has 2 rings (SSSR count). The molecule has 0 unspecified atom stereocenters. The molecule has 0 N–H and O–H groups in total. The summed E-state index contributed by atoms with van der Waals surface area (Å²) in [5.74, 6) is 0.489. The lowest BCUT2D eigenvalue weighted by molar-refractivity contribution is -0.142. The van der Waals surface area contributed by atoms with Gasteiger partial charge >= 0.3 is 5.97 Å². The topological polar surface area (TPSA) is 68.5 Å². The van der Waals surface area contributed by atoms with Crippen molar-refractivity contribution in [2.75, 3.05) is 20.2 Å². The van der Waals surface area contributed by atoms with Gasteiger partial charge in [-0.2, -0.15) is 0 Å². The van der Waals surface area contributed by atoms with E-state index in [1.165, 1.54) is 7.11 Å². The maximum atomic E-state index is 11.3. The summed E-state index contributed by atoms with van der Waals surface area (Å²) in [6.45, 7) is 3.16. The lowest BCUT2D eigenvalue weighted by atomic mass is 10.2. The molecule has 0 bridgehead atoms. The van der Waals surface area contributed by atoms with E-state index in [0.717, 1.165) is 0 Å². The van der Waals surface area contributed by atoms with Gasteiger partial charge in [0.2, 0.25) is 11.8 Å². The number of carbonyl (C=O) groups excluding carboxylic acids is 1. The minimum Gasteiger partial charge on any atom is -0.468 e. The number of aromatic nitrogens is 2. The van der Waals surface area contributed by atoms with Crippen LogP contribution < -0.4 is 0 Å². The van der Waals surface area contributed by atoms with Gasteiger partial charge in [0.15, 0.2) is 0 Å². The summed E-state index contributed by atoms with van der Waals surface area (Å²) in [6, 6.07) is 7.25. The molecule has 0 aliphatic heterocycles. The molecular weight excluding hydrogens is 294 g/mol. The number of hydrogen-bond acceptors (Lipinski definition) is 6. The SMILES string of the molecule is CCN(CC(=O)OC)Cc1nnc(-c2ccccc2Cl)o1. The van der Waals surface area contributed by atoms with Gasteiger partial charge in [0.1, 0.15) is 0 Å². The number of nitrogens with zero attached hydrogens (tertiary/aromatic N) is 3. The van der Waals surface area contributed by atoms with Gasteiger partial charge < -0.3 is 9.15 Å². The molecule has 0 saturated carbocycles. The number of benzene rings is 1. The molecule has 0 atom stereocenters. The first-order valence-corrected chi connectivity index (χ1v) is 6.88. The Hall–Kier alpha value is -1.92. The summed E-state index contributed by atoms with van der Waals surface area (Å²) in [4.78, 5) is 13.1. The zero-order valence-electron chi connectivity index (χ0n) is 11.9. The fourth-order valence-corrected chi connectivity index (χ4v) is 2.00. The van der Waals surface area contributed by atoms with E-state index < -0.39 is 0 Å². The first-order valence-electron chi connectivity index (χ1n) is 6.50. The Balaban J connectivity index is 2.09. The van der Waals surface area contributed by atoms with E-state index in [-0.39, 0.29) is 12.5 Å². The fourth-order valence-electron chi connectivity index (χ4n) is 1.78. The van der Waals surface area contributed by atoms with Crippen LogP contribution in [0.25, 0.3) is 11.5 Å². The molecule has 6 nitrogen and oxygen atoms in total. The normalized spacial score (nSPS) is 10.9. The summed E-state index contributed by atoms with van der Waals surface area (Å²) >= 11 is 6.09. The minimum absolute atomic E-state index is 0.177. The van der Waals surface area contributed by atoms with Crippen molar-refractivity contribution in [3.8, 4) is 11.5 Å². The van der Waals surface area contributed by atoms with Gasteiger partial charge in [-0.1, -0.05) is 30.7 Å². The van der Waals surface area contributed by atoms with Crippen molar-refractivity contribution in [1.82, 2.24) is 15.1 Å². The predicted octanol–water partition coefficient (Wildman–Crippen LogP) is 2.38. The molecule has 0 amide bonds. The van der Waals surface area contributed by atoms with Crippen LogP contribution in [0.1, 0.15) is 12.8 Å². The summed E-state index contributed by atoms with van der Waals surface area (Å²) in [5.41, 5.74) is 0.689. The minimum atomic E-state index is -0.303. The summed E-state index contributed by atoms with van der Waals surface area (Å²) < 4.78 is 10.2. The molecule has 0 fully saturated rings. The molecular formula is C14H16ClN3O3. The molecule has 0 aliphatic carbocycles. The van der Waals surface area contributed by atoms with E-state index in [9.17, 15) is 4.79 Å². The van der Waals surface area contributed by atoms with Gasteiger partial charge in [0, 0.05) is 0 Å². The maximum absolute atomic E-state index is 11.3. The average Bonchev–Trinajstić information content (AvgIpc) is 2.95. The second kappa shape index (κ2) is 7.19. The van der Waals surface area contributed by atoms with Gasteiger partial charge in [-0.15, -0.1) is 10.2 Å². The van der Waals surface area contributed by atoms with Crippen molar-refractivity contribution >= 4 is 17.6 Å². The Bertz CT molecular complexity index is 615. The van der Waals surface area contributed by atoms with E-state index >= 15 is 0 Å². The molecule has 0 spiro atoms. The highest BCUT2D eigenvalue weighted by Crippen LogP contribution is 2.26. The molecule has 0 radical (unpaired) electrons. The lowest BCUT2D eigenvalue weighted by Gasteiger charge is -2.16. The number of methoxy groups -OCH3 is 1. The Kier molecular flexibility index (Phi) is 5.30. The number of rotatable bonds is 6. The number of likely N-dealkylation sites (N-methyl/N-ethyl adjacent to an activating group) is 1. The zero-order chi connectivity index (χ0) is 15.2.